The molecule has 1 aliphatic rings. The lowest BCUT2D eigenvalue weighted by atomic mass is 9.91. The van der Waals surface area contributed by atoms with E-state index in [1.54, 1.807) is 0 Å². The van der Waals surface area contributed by atoms with Gasteiger partial charge in [-0.15, -0.1) is 5.10 Å². The number of likely N-dealkylation sites (tertiary alicyclic amines) is 1. The highest BCUT2D eigenvalue weighted by atomic mass is 16.5. The molecule has 174 valence electrons. The van der Waals surface area contributed by atoms with Crippen molar-refractivity contribution in [3.63, 3.8) is 0 Å². The molecule has 1 amide bonds. The van der Waals surface area contributed by atoms with Crippen molar-refractivity contribution in [2.24, 2.45) is 0 Å². The van der Waals surface area contributed by atoms with Crippen LogP contribution in [0.2, 0.25) is 0 Å². The molecule has 1 aromatic heterocycles. The summed E-state index contributed by atoms with van der Waals surface area (Å²) in [5, 5.41) is 20.7. The van der Waals surface area contributed by atoms with Gasteiger partial charge in [0.25, 0.3) is 0 Å². The van der Waals surface area contributed by atoms with Crippen LogP contribution in [0.3, 0.4) is 0 Å². The molecule has 1 aliphatic heterocycles. The lowest BCUT2D eigenvalue weighted by Gasteiger charge is -2.36. The molecule has 34 heavy (non-hydrogen) atoms. The van der Waals surface area contributed by atoms with Crippen LogP contribution in [0.5, 0.6) is 0 Å². The number of benzene rings is 3. The van der Waals surface area contributed by atoms with E-state index >= 15 is 0 Å². The summed E-state index contributed by atoms with van der Waals surface area (Å²) >= 11 is 0. The number of rotatable bonds is 7. The van der Waals surface area contributed by atoms with E-state index in [2.05, 4.69) is 52.8 Å². The first kappa shape index (κ1) is 22.1. The van der Waals surface area contributed by atoms with Crippen molar-refractivity contribution < 1.29 is 14.6 Å². The Morgan fingerprint density at radius 2 is 1.79 bits per heavy atom. The maximum Gasteiger partial charge on any atom is 0.407 e. The third kappa shape index (κ3) is 5.10. The summed E-state index contributed by atoms with van der Waals surface area (Å²) in [6.07, 6.45) is 2.32. The van der Waals surface area contributed by atoms with Gasteiger partial charge in [0.15, 0.2) is 0 Å². The molecule has 2 heterocycles. The quantitative estimate of drug-likeness (QED) is 0.435. The predicted molar refractivity (Wildman–Crippen MR) is 130 cm³/mol. The molecule has 2 atom stereocenters. The lowest BCUT2D eigenvalue weighted by Crippen LogP contribution is -2.46. The van der Waals surface area contributed by atoms with Crippen LogP contribution in [-0.2, 0) is 24.3 Å². The highest BCUT2D eigenvalue weighted by Crippen LogP contribution is 2.30. The van der Waals surface area contributed by atoms with Gasteiger partial charge in [0.1, 0.15) is 0 Å². The van der Waals surface area contributed by atoms with E-state index in [0.29, 0.717) is 26.1 Å². The molecule has 0 bridgehead atoms. The van der Waals surface area contributed by atoms with Gasteiger partial charge in [0.05, 0.1) is 24.9 Å². The molecule has 3 aromatic carbocycles. The monoisotopic (exact) mass is 456 g/mol. The Bertz CT molecular complexity index is 1260. The third-order valence-corrected chi connectivity index (χ3v) is 6.52. The second-order valence-electron chi connectivity index (χ2n) is 8.80. The summed E-state index contributed by atoms with van der Waals surface area (Å²) in [5.41, 5.74) is 3.18. The number of piperidine rings is 1. The van der Waals surface area contributed by atoms with Crippen LogP contribution < -0.4 is 0 Å². The number of carbonyl (C=O) groups is 1. The molecule has 2 unspecified atom stereocenters. The second-order valence-corrected chi connectivity index (χ2v) is 8.80. The Labute approximate surface area is 198 Å². The van der Waals surface area contributed by atoms with Gasteiger partial charge in [-0.25, -0.2) is 4.79 Å². The van der Waals surface area contributed by atoms with Gasteiger partial charge >= 0.3 is 6.09 Å². The Morgan fingerprint density at radius 1 is 1.00 bits per heavy atom. The average Bonchev–Trinajstić information content (AvgIpc) is 3.35. The molecule has 4 aromatic rings. The molecular formula is C27H28N4O3. The van der Waals surface area contributed by atoms with E-state index in [9.17, 15) is 9.90 Å². The highest BCUT2D eigenvalue weighted by molar-refractivity contribution is 5.82. The molecule has 7 nitrogen and oxygen atoms in total. The number of aromatic nitrogens is 3. The number of aryl methyl sites for hydroxylation is 2. The third-order valence-electron chi connectivity index (χ3n) is 6.52. The van der Waals surface area contributed by atoms with Gasteiger partial charge in [0.2, 0.25) is 0 Å². The van der Waals surface area contributed by atoms with Crippen LogP contribution in [0.4, 0.5) is 4.79 Å². The topological polar surface area (TPSA) is 80.5 Å². The normalized spacial score (nSPS) is 18.3. The molecule has 1 N–H and O–H groups in total. The first-order valence-electron chi connectivity index (χ1n) is 11.7. The fourth-order valence-electron chi connectivity index (χ4n) is 4.61. The number of hydrogen-bond donors (Lipinski definition) is 1. The molecular weight excluding hydrogens is 428 g/mol. The summed E-state index contributed by atoms with van der Waals surface area (Å²) < 4.78 is 8.19. The number of amides is 1. The van der Waals surface area contributed by atoms with Crippen LogP contribution in [0.25, 0.3) is 10.8 Å². The average molecular weight is 457 g/mol. The van der Waals surface area contributed by atoms with Crippen molar-refractivity contribution in [2.75, 3.05) is 13.1 Å². The van der Waals surface area contributed by atoms with Gasteiger partial charge in [-0.05, 0) is 40.8 Å². The van der Waals surface area contributed by atoms with E-state index in [4.69, 9.17) is 4.74 Å². The standard InChI is InChI=1S/C27H28N4O3/c32-27(33)30-14-13-24(25-17-31(29-28-25)15-12-20-6-2-1-3-7-20)26(18-30)34-19-21-10-11-22-8-4-5-9-23(22)16-21/h1-11,16-17,24,26H,12-15,18-19H2,(H,32,33). The molecule has 5 rings (SSSR count). The zero-order valence-electron chi connectivity index (χ0n) is 19.0. The number of fused-ring (bicyclic) bond motifs is 1. The number of hydrogen-bond acceptors (Lipinski definition) is 4. The van der Waals surface area contributed by atoms with Crippen molar-refractivity contribution in [2.45, 2.75) is 38.0 Å². The molecule has 0 radical (unpaired) electrons. The zero-order valence-corrected chi connectivity index (χ0v) is 19.0. The molecule has 0 spiro atoms. The van der Waals surface area contributed by atoms with E-state index in [1.807, 2.05) is 41.2 Å². The molecule has 7 heteroatoms. The van der Waals surface area contributed by atoms with Gasteiger partial charge in [-0.2, -0.15) is 0 Å². The van der Waals surface area contributed by atoms with Crippen molar-refractivity contribution in [3.8, 4) is 0 Å². The minimum atomic E-state index is -0.913. The van der Waals surface area contributed by atoms with Crippen LogP contribution >= 0.6 is 0 Å². The first-order valence-corrected chi connectivity index (χ1v) is 11.7. The summed E-state index contributed by atoms with van der Waals surface area (Å²) in [6, 6.07) is 24.8. The Balaban J connectivity index is 1.28. The smallest absolute Gasteiger partial charge is 0.407 e. The molecule has 1 fully saturated rings. The van der Waals surface area contributed by atoms with E-state index < -0.39 is 6.09 Å². The summed E-state index contributed by atoms with van der Waals surface area (Å²) in [4.78, 5) is 13.1. The minimum Gasteiger partial charge on any atom is -0.465 e. The van der Waals surface area contributed by atoms with Crippen LogP contribution in [0, 0.1) is 0 Å². The zero-order chi connectivity index (χ0) is 23.3. The van der Waals surface area contributed by atoms with Crippen LogP contribution in [0.15, 0.2) is 79.0 Å². The second kappa shape index (κ2) is 10.1. The predicted octanol–water partition coefficient (Wildman–Crippen LogP) is 4.73. The highest BCUT2D eigenvalue weighted by Gasteiger charge is 2.35. The molecule has 0 aliphatic carbocycles. The fraction of sp³-hybridized carbons (Fsp3) is 0.296. The Hall–Kier alpha value is -3.71. The van der Waals surface area contributed by atoms with E-state index in [0.717, 1.165) is 29.6 Å². The van der Waals surface area contributed by atoms with E-state index in [1.165, 1.54) is 15.8 Å². The van der Waals surface area contributed by atoms with Crippen molar-refractivity contribution >= 4 is 16.9 Å². The largest absolute Gasteiger partial charge is 0.465 e. The number of nitrogens with zero attached hydrogens (tertiary/aromatic N) is 4. The lowest BCUT2D eigenvalue weighted by molar-refractivity contribution is -0.0208. The van der Waals surface area contributed by atoms with E-state index in [-0.39, 0.29) is 12.0 Å². The summed E-state index contributed by atoms with van der Waals surface area (Å²) in [6.45, 7) is 1.95. The first-order chi connectivity index (χ1) is 16.7. The van der Waals surface area contributed by atoms with Gasteiger partial charge in [0, 0.05) is 25.2 Å². The summed E-state index contributed by atoms with van der Waals surface area (Å²) in [5.74, 6) is 0.00142. The summed E-state index contributed by atoms with van der Waals surface area (Å²) in [7, 11) is 0. The van der Waals surface area contributed by atoms with Gasteiger partial charge in [-0.3, -0.25) is 4.68 Å². The van der Waals surface area contributed by atoms with Gasteiger partial charge in [-0.1, -0.05) is 71.9 Å². The molecule has 1 saturated heterocycles. The van der Waals surface area contributed by atoms with Crippen LogP contribution in [0.1, 0.15) is 29.2 Å². The Morgan fingerprint density at radius 3 is 2.62 bits per heavy atom. The maximum atomic E-state index is 11.6. The van der Waals surface area contributed by atoms with Crippen LogP contribution in [-0.4, -0.2) is 50.3 Å². The fourth-order valence-corrected chi connectivity index (χ4v) is 4.61. The van der Waals surface area contributed by atoms with Crippen molar-refractivity contribution in [1.82, 2.24) is 19.9 Å². The van der Waals surface area contributed by atoms with Crippen molar-refractivity contribution in [3.05, 3.63) is 95.8 Å². The SMILES string of the molecule is O=C(O)N1CCC(c2cn(CCc3ccccc3)nn2)C(OCc2ccc3ccccc3c2)C1. The van der Waals surface area contributed by atoms with Crippen molar-refractivity contribution in [1.29, 1.82) is 0 Å². The number of carboxylic acid groups (broad SMARTS) is 1. The molecule has 0 saturated carbocycles. The maximum absolute atomic E-state index is 11.6. The minimum absolute atomic E-state index is 0.00142. The Kier molecular flexibility index (Phi) is 6.53. The number of ether oxygens (including phenoxy) is 1. The van der Waals surface area contributed by atoms with Gasteiger partial charge < -0.3 is 14.7 Å².